The summed E-state index contributed by atoms with van der Waals surface area (Å²) in [6, 6.07) is 20.4. The fourth-order valence-electron chi connectivity index (χ4n) is 6.06. The fraction of sp³-hybridized carbons (Fsp3) is 0.367. The molecule has 0 bridgehead atoms. The molecule has 1 N–H and O–H groups in total. The first-order valence-corrected chi connectivity index (χ1v) is 14.6. The van der Waals surface area contributed by atoms with Gasteiger partial charge in [0.1, 0.15) is 5.82 Å². The molecule has 1 aliphatic carbocycles. The molecule has 1 atom stereocenters. The summed E-state index contributed by atoms with van der Waals surface area (Å²) in [4.78, 5) is 20.7. The summed E-state index contributed by atoms with van der Waals surface area (Å²) < 4.78 is 2.65. The van der Waals surface area contributed by atoms with Crippen LogP contribution in [0.5, 0.6) is 0 Å². The summed E-state index contributed by atoms with van der Waals surface area (Å²) in [6.07, 6.45) is 8.28. The molecule has 0 radical (unpaired) electrons. The number of hydrogen-bond acceptors (Lipinski definition) is 4. The molecule has 1 saturated carbocycles. The van der Waals surface area contributed by atoms with Crippen molar-refractivity contribution >= 4 is 44.9 Å². The Morgan fingerprint density at radius 1 is 1.00 bits per heavy atom. The third kappa shape index (κ3) is 5.06. The van der Waals surface area contributed by atoms with Gasteiger partial charge in [0, 0.05) is 35.8 Å². The average Bonchev–Trinajstić information content (AvgIpc) is 3.61. The van der Waals surface area contributed by atoms with Crippen molar-refractivity contribution < 1.29 is 4.79 Å². The zero-order valence-corrected chi connectivity index (χ0v) is 23.5. The maximum atomic E-state index is 13.8. The Morgan fingerprint density at radius 3 is 2.45 bits per heavy atom. The van der Waals surface area contributed by atoms with Crippen LogP contribution in [0.25, 0.3) is 16.9 Å². The molecule has 2 aromatic carbocycles. The number of amides is 1. The summed E-state index contributed by atoms with van der Waals surface area (Å²) in [7, 11) is 0. The minimum Gasteiger partial charge on any atom is -0.367 e. The van der Waals surface area contributed by atoms with Gasteiger partial charge in [-0.2, -0.15) is 9.61 Å². The molecular weight excluding hydrogens is 562 g/mol. The van der Waals surface area contributed by atoms with Gasteiger partial charge in [-0.3, -0.25) is 4.79 Å². The average molecular weight is 593 g/mol. The van der Waals surface area contributed by atoms with Gasteiger partial charge < -0.3 is 10.2 Å². The number of nitrogens with one attached hydrogen (secondary N) is 1. The predicted molar refractivity (Wildman–Crippen MR) is 155 cm³/mol. The van der Waals surface area contributed by atoms with E-state index in [1.807, 2.05) is 40.9 Å². The van der Waals surface area contributed by atoms with Crippen LogP contribution in [0, 0.1) is 5.92 Å². The Labute approximate surface area is 236 Å². The van der Waals surface area contributed by atoms with Crippen LogP contribution in [0.2, 0.25) is 5.02 Å². The van der Waals surface area contributed by atoms with Gasteiger partial charge in [0.05, 0.1) is 22.3 Å². The number of rotatable bonds is 6. The molecular formula is C30H31BrClN5O. The second-order valence-electron chi connectivity index (χ2n) is 10.4. The van der Waals surface area contributed by atoms with Crippen molar-refractivity contribution in [2.45, 2.75) is 50.5 Å². The lowest BCUT2D eigenvalue weighted by molar-refractivity contribution is -0.135. The number of carbonyl (C=O) groups is 1. The zero-order valence-electron chi connectivity index (χ0n) is 21.2. The SMILES string of the molecule is O=C(C(c1ccccc1)C1CCCC1)N1CCC(Nc2cc(-c3ccccc3Cl)nc3c(Br)cnn23)CC1. The molecule has 1 aliphatic heterocycles. The quantitative estimate of drug-likeness (QED) is 0.257. The number of fused-ring (bicyclic) bond motifs is 1. The van der Waals surface area contributed by atoms with Crippen LogP contribution in [0.4, 0.5) is 5.82 Å². The minimum absolute atomic E-state index is 0.0253. The van der Waals surface area contributed by atoms with Crippen molar-refractivity contribution in [2.75, 3.05) is 18.4 Å². The van der Waals surface area contributed by atoms with E-state index in [9.17, 15) is 4.79 Å². The van der Waals surface area contributed by atoms with Gasteiger partial charge in [0.15, 0.2) is 5.65 Å². The molecule has 3 heterocycles. The summed E-state index contributed by atoms with van der Waals surface area (Å²) in [5, 5.41) is 8.89. The molecule has 38 heavy (non-hydrogen) atoms. The monoisotopic (exact) mass is 591 g/mol. The van der Waals surface area contributed by atoms with Gasteiger partial charge in [-0.05, 0) is 59.2 Å². The topological polar surface area (TPSA) is 62.5 Å². The fourth-order valence-corrected chi connectivity index (χ4v) is 6.64. The van der Waals surface area contributed by atoms with E-state index in [0.29, 0.717) is 16.8 Å². The van der Waals surface area contributed by atoms with Crippen molar-refractivity contribution in [1.82, 2.24) is 19.5 Å². The van der Waals surface area contributed by atoms with E-state index in [-0.39, 0.29) is 12.0 Å². The highest BCUT2D eigenvalue weighted by Gasteiger charge is 2.36. The Hall–Kier alpha value is -2.90. The molecule has 1 saturated heterocycles. The van der Waals surface area contributed by atoms with E-state index < -0.39 is 0 Å². The van der Waals surface area contributed by atoms with E-state index in [1.165, 1.54) is 18.4 Å². The standard InChI is InChI=1S/C30H31BrClN5O/c31-24-19-33-37-27(18-26(35-29(24)37)23-12-6-7-13-25(23)32)34-22-14-16-36(17-15-22)30(38)28(21-10-4-5-11-21)20-8-2-1-3-9-20/h1-3,6-9,12-13,18-19,21-22,28,34H,4-5,10-11,14-17H2. The Bertz CT molecular complexity index is 1430. The van der Waals surface area contributed by atoms with Crippen molar-refractivity contribution in [3.05, 3.63) is 81.9 Å². The number of halogens is 2. The number of benzene rings is 2. The highest BCUT2D eigenvalue weighted by Crippen LogP contribution is 2.39. The van der Waals surface area contributed by atoms with Crippen molar-refractivity contribution in [3.63, 3.8) is 0 Å². The number of hydrogen-bond donors (Lipinski definition) is 1. The Balaban J connectivity index is 1.19. The lowest BCUT2D eigenvalue weighted by atomic mass is 9.83. The molecule has 2 aromatic heterocycles. The Kier molecular flexibility index (Phi) is 7.39. The molecule has 8 heteroatoms. The largest absolute Gasteiger partial charge is 0.367 e. The van der Waals surface area contributed by atoms with Crippen LogP contribution in [0.1, 0.15) is 50.0 Å². The summed E-state index contributed by atoms with van der Waals surface area (Å²) in [6.45, 7) is 1.50. The number of anilines is 1. The van der Waals surface area contributed by atoms with E-state index >= 15 is 0 Å². The first-order chi connectivity index (χ1) is 18.6. The van der Waals surface area contributed by atoms with Gasteiger partial charge in [-0.1, -0.05) is 73.0 Å². The molecule has 6 nitrogen and oxygen atoms in total. The van der Waals surface area contributed by atoms with Crippen LogP contribution in [0.15, 0.2) is 71.3 Å². The molecule has 0 spiro atoms. The zero-order chi connectivity index (χ0) is 26.1. The second-order valence-corrected chi connectivity index (χ2v) is 11.7. The number of nitrogens with zero attached hydrogens (tertiary/aromatic N) is 4. The predicted octanol–water partition coefficient (Wildman–Crippen LogP) is 7.19. The van der Waals surface area contributed by atoms with Gasteiger partial charge in [0.25, 0.3) is 0 Å². The van der Waals surface area contributed by atoms with Crippen LogP contribution < -0.4 is 5.32 Å². The number of carbonyl (C=O) groups excluding carboxylic acids is 1. The van der Waals surface area contributed by atoms with E-state index in [4.69, 9.17) is 16.6 Å². The Morgan fingerprint density at radius 2 is 1.71 bits per heavy atom. The van der Waals surface area contributed by atoms with E-state index in [1.54, 1.807) is 6.20 Å². The third-order valence-electron chi connectivity index (χ3n) is 8.03. The highest BCUT2D eigenvalue weighted by molar-refractivity contribution is 9.10. The van der Waals surface area contributed by atoms with Crippen molar-refractivity contribution in [2.24, 2.45) is 5.92 Å². The molecule has 6 rings (SSSR count). The number of likely N-dealkylation sites (tertiary alicyclic amines) is 1. The molecule has 1 amide bonds. The highest BCUT2D eigenvalue weighted by atomic mass is 79.9. The smallest absolute Gasteiger partial charge is 0.230 e. The molecule has 2 aliphatic rings. The van der Waals surface area contributed by atoms with Gasteiger partial charge in [0.2, 0.25) is 5.91 Å². The molecule has 1 unspecified atom stereocenters. The van der Waals surface area contributed by atoms with E-state index in [2.05, 4.69) is 55.5 Å². The van der Waals surface area contributed by atoms with Crippen molar-refractivity contribution in [3.8, 4) is 11.3 Å². The van der Waals surface area contributed by atoms with Crippen LogP contribution in [-0.2, 0) is 4.79 Å². The summed E-state index contributed by atoms with van der Waals surface area (Å²) >= 11 is 10.1. The van der Waals surface area contributed by atoms with Gasteiger partial charge in [-0.25, -0.2) is 4.98 Å². The van der Waals surface area contributed by atoms with E-state index in [0.717, 1.165) is 66.0 Å². The molecule has 2 fully saturated rings. The van der Waals surface area contributed by atoms with Gasteiger partial charge >= 0.3 is 0 Å². The summed E-state index contributed by atoms with van der Waals surface area (Å²) in [5.74, 6) is 1.59. The van der Waals surface area contributed by atoms with Crippen LogP contribution in [-0.4, -0.2) is 44.5 Å². The lowest BCUT2D eigenvalue weighted by Gasteiger charge is -2.36. The summed E-state index contributed by atoms with van der Waals surface area (Å²) in [5.41, 5.74) is 3.58. The van der Waals surface area contributed by atoms with Crippen LogP contribution >= 0.6 is 27.5 Å². The first kappa shape index (κ1) is 25.4. The number of piperidine rings is 1. The van der Waals surface area contributed by atoms with Crippen LogP contribution in [0.3, 0.4) is 0 Å². The molecule has 4 aromatic rings. The first-order valence-electron chi connectivity index (χ1n) is 13.5. The normalized spacial score (nSPS) is 17.7. The molecule has 196 valence electrons. The van der Waals surface area contributed by atoms with Gasteiger partial charge in [-0.15, -0.1) is 0 Å². The second kappa shape index (κ2) is 11.1. The lowest BCUT2D eigenvalue weighted by Crippen LogP contribution is -2.45. The third-order valence-corrected chi connectivity index (χ3v) is 8.92. The van der Waals surface area contributed by atoms with Crippen molar-refractivity contribution in [1.29, 1.82) is 0 Å². The number of aromatic nitrogens is 3. The minimum atomic E-state index is -0.0253. The maximum absolute atomic E-state index is 13.8. The maximum Gasteiger partial charge on any atom is 0.230 e.